The van der Waals surface area contributed by atoms with Crippen molar-refractivity contribution >= 4 is 11.3 Å². The van der Waals surface area contributed by atoms with Crippen LogP contribution in [0.2, 0.25) is 0 Å². The third-order valence-corrected chi connectivity index (χ3v) is 2.84. The van der Waals surface area contributed by atoms with Crippen LogP contribution in [0.5, 0.6) is 0 Å². The second-order valence-electron chi connectivity index (χ2n) is 3.75. The van der Waals surface area contributed by atoms with Gasteiger partial charge in [-0.05, 0) is 17.7 Å². The molecule has 0 aromatic heterocycles. The summed E-state index contributed by atoms with van der Waals surface area (Å²) in [4.78, 5) is 0. The van der Waals surface area contributed by atoms with Crippen molar-refractivity contribution in [1.29, 1.82) is 0 Å². The second kappa shape index (κ2) is 7.03. The molecule has 0 aliphatic rings. The largest absolute Gasteiger partial charge is 0.399 e. The summed E-state index contributed by atoms with van der Waals surface area (Å²) in [5.41, 5.74) is 11.4. The fraction of sp³-hybridized carbons (Fsp3) is 0.286. The molecule has 2 heteroatoms. The first-order valence-electron chi connectivity index (χ1n) is 5.11. The summed E-state index contributed by atoms with van der Waals surface area (Å²) in [7, 11) is 0. The molecule has 0 saturated carbocycles. The molecule has 0 bridgehead atoms. The Kier molecular flexibility index (Phi) is 6.86. The predicted octanol–water partition coefficient (Wildman–Crippen LogP) is 3.83. The topological polar surface area (TPSA) is 26.0 Å². The molecule has 1 radical (unpaired) electrons. The van der Waals surface area contributed by atoms with Crippen molar-refractivity contribution in [2.75, 3.05) is 5.73 Å². The number of hydrogen-bond acceptors (Lipinski definition) is 1. The monoisotopic (exact) mass is 289 g/mol. The fourth-order valence-electron chi connectivity index (χ4n) is 1.42. The Morgan fingerprint density at radius 3 is 2.00 bits per heavy atom. The van der Waals surface area contributed by atoms with Gasteiger partial charge in [0.1, 0.15) is 0 Å². The van der Waals surface area contributed by atoms with E-state index in [0.29, 0.717) is 0 Å². The summed E-state index contributed by atoms with van der Waals surface area (Å²) >= 11 is 0. The van der Waals surface area contributed by atoms with Crippen molar-refractivity contribution in [1.82, 2.24) is 0 Å². The molecule has 16 heavy (non-hydrogen) atoms. The molecule has 0 unspecified atom stereocenters. The second-order valence-corrected chi connectivity index (χ2v) is 3.75. The normalized spacial score (nSPS) is 12.9. The molecular weight excluding hydrogens is 271 g/mol. The molecule has 0 heterocycles. The van der Waals surface area contributed by atoms with E-state index < -0.39 is 0 Å². The number of benzene rings is 1. The van der Waals surface area contributed by atoms with Crippen molar-refractivity contribution in [2.24, 2.45) is 0 Å². The summed E-state index contributed by atoms with van der Waals surface area (Å²) in [6.07, 6.45) is 3.16. The number of anilines is 1. The smallest absolute Gasteiger partial charge is 0.0314 e. The molecule has 0 aliphatic heterocycles. The third kappa shape index (κ3) is 3.88. The number of nitrogen functional groups attached to an aromatic ring is 1. The fourth-order valence-corrected chi connectivity index (χ4v) is 1.42. The summed E-state index contributed by atoms with van der Waals surface area (Å²) in [5, 5.41) is 0. The van der Waals surface area contributed by atoms with Crippen LogP contribution in [-0.2, 0) is 32.7 Å². The summed E-state index contributed by atoms with van der Waals surface area (Å²) in [6.45, 7) is 8.27. The molecule has 1 aromatic rings. The minimum absolute atomic E-state index is 0. The molecule has 83 valence electrons. The van der Waals surface area contributed by atoms with Crippen LogP contribution in [0.25, 0.3) is 5.57 Å². The predicted molar refractivity (Wildman–Crippen MR) is 67.2 cm³/mol. The summed E-state index contributed by atoms with van der Waals surface area (Å²) in [6, 6.07) is 7.97. The van der Waals surface area contributed by atoms with E-state index in [4.69, 9.17) is 5.73 Å². The van der Waals surface area contributed by atoms with Crippen molar-refractivity contribution in [3.05, 3.63) is 47.1 Å². The Hall–Kier alpha value is -0.396. The molecular formula is C14H18NY-. The first kappa shape index (κ1) is 15.6. The first-order chi connectivity index (χ1) is 7.06. The Morgan fingerprint density at radius 2 is 1.56 bits per heavy atom. The molecule has 0 spiro atoms. The average molecular weight is 289 g/mol. The van der Waals surface area contributed by atoms with Gasteiger partial charge in [-0.25, -0.2) is 5.57 Å². The molecule has 2 N–H and O–H groups in total. The molecule has 0 amide bonds. The average Bonchev–Trinajstić information content (AvgIpc) is 2.27. The minimum Gasteiger partial charge on any atom is -0.399 e. The van der Waals surface area contributed by atoms with E-state index in [2.05, 4.69) is 39.0 Å². The van der Waals surface area contributed by atoms with E-state index in [1.165, 1.54) is 22.3 Å². The summed E-state index contributed by atoms with van der Waals surface area (Å²) < 4.78 is 0. The van der Waals surface area contributed by atoms with Gasteiger partial charge in [-0.2, -0.15) is 5.57 Å². The van der Waals surface area contributed by atoms with Crippen LogP contribution in [0.3, 0.4) is 0 Å². The van der Waals surface area contributed by atoms with E-state index in [1.807, 2.05) is 19.1 Å². The van der Waals surface area contributed by atoms with E-state index in [0.717, 1.165) is 5.69 Å². The Bertz CT molecular complexity index is 399. The molecule has 0 fully saturated rings. The van der Waals surface area contributed by atoms with Gasteiger partial charge in [0.15, 0.2) is 0 Å². The quantitative estimate of drug-likeness (QED) is 0.500. The van der Waals surface area contributed by atoms with Gasteiger partial charge in [0, 0.05) is 38.4 Å². The zero-order valence-electron chi connectivity index (χ0n) is 10.5. The molecule has 0 saturated heterocycles. The van der Waals surface area contributed by atoms with Crippen LogP contribution in [-0.4, -0.2) is 0 Å². The van der Waals surface area contributed by atoms with E-state index in [9.17, 15) is 0 Å². The van der Waals surface area contributed by atoms with Crippen LogP contribution in [0.4, 0.5) is 5.69 Å². The number of rotatable bonds is 2. The van der Waals surface area contributed by atoms with Gasteiger partial charge in [-0.1, -0.05) is 26.0 Å². The van der Waals surface area contributed by atoms with Gasteiger partial charge in [0.2, 0.25) is 0 Å². The number of nitrogens with two attached hydrogens (primary N) is 1. The third-order valence-electron chi connectivity index (χ3n) is 2.84. The van der Waals surface area contributed by atoms with Crippen LogP contribution in [0, 0.1) is 6.08 Å². The van der Waals surface area contributed by atoms with Crippen LogP contribution in [0.1, 0.15) is 33.3 Å². The van der Waals surface area contributed by atoms with Crippen molar-refractivity contribution < 1.29 is 32.7 Å². The van der Waals surface area contributed by atoms with Gasteiger partial charge in [-0.15, -0.1) is 19.4 Å². The van der Waals surface area contributed by atoms with E-state index in [-0.39, 0.29) is 32.7 Å². The molecule has 1 nitrogen and oxygen atoms in total. The summed E-state index contributed by atoms with van der Waals surface area (Å²) in [5.74, 6) is 0. The molecule has 0 aliphatic carbocycles. The maximum absolute atomic E-state index is 5.66. The number of allylic oxidation sites excluding steroid dienone is 4. The molecule has 1 rings (SSSR count). The zero-order chi connectivity index (χ0) is 11.4. The van der Waals surface area contributed by atoms with Crippen molar-refractivity contribution in [3.8, 4) is 0 Å². The SMILES string of the molecule is C[C-]=C(C)/C(C)=C(\C)c1ccc(N)cc1.[Y]. The van der Waals surface area contributed by atoms with Gasteiger partial charge >= 0.3 is 0 Å². The van der Waals surface area contributed by atoms with Gasteiger partial charge in [0.05, 0.1) is 0 Å². The maximum Gasteiger partial charge on any atom is 0.0314 e. The van der Waals surface area contributed by atoms with Crippen LogP contribution >= 0.6 is 0 Å². The Morgan fingerprint density at radius 1 is 1.06 bits per heavy atom. The first-order valence-corrected chi connectivity index (χ1v) is 5.11. The van der Waals surface area contributed by atoms with Crippen molar-refractivity contribution in [2.45, 2.75) is 27.7 Å². The number of hydrogen-bond donors (Lipinski definition) is 1. The maximum atomic E-state index is 5.66. The van der Waals surface area contributed by atoms with Gasteiger partial charge < -0.3 is 5.73 Å². The minimum atomic E-state index is 0. The van der Waals surface area contributed by atoms with Crippen molar-refractivity contribution in [3.63, 3.8) is 0 Å². The van der Waals surface area contributed by atoms with Crippen LogP contribution < -0.4 is 5.73 Å². The molecule has 1 aromatic carbocycles. The standard InChI is InChI=1S/C14H18N.Y/c1-5-10(2)11(3)12(4)13-6-8-14(15)9-7-13;/h6-9H,15H2,1-4H3;/q-1;/b12-11+;. The Labute approximate surface area is 124 Å². The van der Waals surface area contributed by atoms with Gasteiger partial charge in [0.25, 0.3) is 0 Å². The Balaban J connectivity index is 0.00000225. The zero-order valence-corrected chi connectivity index (χ0v) is 13.3. The van der Waals surface area contributed by atoms with Gasteiger partial charge in [-0.3, -0.25) is 6.08 Å². The van der Waals surface area contributed by atoms with E-state index in [1.54, 1.807) is 0 Å². The van der Waals surface area contributed by atoms with Crippen LogP contribution in [0.15, 0.2) is 35.4 Å². The van der Waals surface area contributed by atoms with E-state index >= 15 is 0 Å². The molecule has 0 atom stereocenters.